The maximum Gasteiger partial charge on any atom is 0.418 e. The highest BCUT2D eigenvalue weighted by atomic mass is 19.4. The van der Waals surface area contributed by atoms with Crippen molar-refractivity contribution in [3.05, 3.63) is 29.1 Å². The summed E-state index contributed by atoms with van der Waals surface area (Å²) in [5.74, 6) is -0.474. The van der Waals surface area contributed by atoms with Gasteiger partial charge in [-0.15, -0.1) is 6.42 Å². The molecule has 0 unspecified atom stereocenters. The number of ether oxygens (including phenoxy) is 1. The van der Waals surface area contributed by atoms with Crippen molar-refractivity contribution in [3.8, 4) is 18.1 Å². The summed E-state index contributed by atoms with van der Waals surface area (Å²) in [6.07, 6.45) is 0.278. The Morgan fingerprint density at radius 2 is 2.15 bits per heavy atom. The van der Waals surface area contributed by atoms with E-state index in [-0.39, 0.29) is 30.8 Å². The van der Waals surface area contributed by atoms with Gasteiger partial charge in [0.1, 0.15) is 5.75 Å². The van der Waals surface area contributed by atoms with E-state index in [0.717, 1.165) is 24.0 Å². The molecule has 0 spiro atoms. The van der Waals surface area contributed by atoms with Gasteiger partial charge in [-0.25, -0.2) is 4.39 Å². The van der Waals surface area contributed by atoms with E-state index in [0.29, 0.717) is 0 Å². The average molecular weight is 383 g/mol. The molecular formula is C17H13F4N3O3. The molecule has 1 aromatic carbocycles. The van der Waals surface area contributed by atoms with Gasteiger partial charge in [-0.1, -0.05) is 5.92 Å². The van der Waals surface area contributed by atoms with Gasteiger partial charge in [-0.2, -0.15) is 13.2 Å². The van der Waals surface area contributed by atoms with Gasteiger partial charge in [0.05, 0.1) is 23.5 Å². The Bertz CT molecular complexity index is 885. The number of carbonyl (C=O) groups excluding carboxylic acids is 2. The van der Waals surface area contributed by atoms with Crippen LogP contribution in [0, 0.1) is 23.6 Å². The lowest BCUT2D eigenvalue weighted by atomic mass is 10.1. The minimum Gasteiger partial charge on any atom is -0.481 e. The van der Waals surface area contributed by atoms with E-state index in [4.69, 9.17) is 16.6 Å². The van der Waals surface area contributed by atoms with E-state index in [1.165, 1.54) is 0 Å². The summed E-state index contributed by atoms with van der Waals surface area (Å²) in [7, 11) is 0. The molecule has 2 N–H and O–H groups in total. The predicted molar refractivity (Wildman–Crippen MR) is 89.2 cm³/mol. The summed E-state index contributed by atoms with van der Waals surface area (Å²) in [5.41, 5.74) is -2.68. The second kappa shape index (κ2) is 7.49. The van der Waals surface area contributed by atoms with Gasteiger partial charge in [0.15, 0.2) is 12.4 Å². The molecule has 0 saturated heterocycles. The molecule has 0 bridgehead atoms. The highest BCUT2D eigenvalue weighted by Crippen LogP contribution is 2.36. The molecule has 2 rings (SSSR count). The minimum atomic E-state index is -4.92. The lowest BCUT2D eigenvalue weighted by molar-refractivity contribution is -0.121. The molecule has 0 fully saturated rings. The molecule has 142 valence electrons. The molecule has 0 radical (unpaired) electrons. The number of rotatable bonds is 4. The summed E-state index contributed by atoms with van der Waals surface area (Å²) in [5, 5.41) is 8.85. The summed E-state index contributed by atoms with van der Waals surface area (Å²) in [6.45, 7) is 0.367. The third kappa shape index (κ3) is 4.08. The first kappa shape index (κ1) is 20.0. The monoisotopic (exact) mass is 383 g/mol. The van der Waals surface area contributed by atoms with Crippen molar-refractivity contribution in [2.24, 2.45) is 0 Å². The third-order valence-electron chi connectivity index (χ3n) is 3.68. The lowest BCUT2D eigenvalue weighted by Crippen LogP contribution is -2.39. The quantitative estimate of drug-likeness (QED) is 0.363. The van der Waals surface area contributed by atoms with Crippen LogP contribution in [0.5, 0.6) is 5.75 Å². The Morgan fingerprint density at radius 3 is 2.70 bits per heavy atom. The molecule has 0 atom stereocenters. The van der Waals surface area contributed by atoms with E-state index in [1.54, 1.807) is 0 Å². The zero-order valence-electron chi connectivity index (χ0n) is 13.9. The molecule has 1 aromatic rings. The summed E-state index contributed by atoms with van der Waals surface area (Å²) in [4.78, 5) is 25.1. The molecule has 27 heavy (non-hydrogen) atoms. The number of fused-ring (bicyclic) bond motifs is 1. The fraction of sp³-hybridized carbons (Fsp3) is 0.235. The normalized spacial score (nSPS) is 14.5. The molecule has 1 aliphatic heterocycles. The Labute approximate surface area is 151 Å². The molecule has 0 aliphatic carbocycles. The lowest BCUT2D eigenvalue weighted by Gasteiger charge is -2.28. The van der Waals surface area contributed by atoms with Gasteiger partial charge < -0.3 is 15.5 Å². The largest absolute Gasteiger partial charge is 0.481 e. The highest BCUT2D eigenvalue weighted by molar-refractivity contribution is 6.08. The van der Waals surface area contributed by atoms with E-state index < -0.39 is 40.6 Å². The first-order valence-corrected chi connectivity index (χ1v) is 7.40. The van der Waals surface area contributed by atoms with Gasteiger partial charge in [0, 0.05) is 17.9 Å². The van der Waals surface area contributed by atoms with Crippen LogP contribution in [-0.4, -0.2) is 37.4 Å². The number of hydrogen-bond donors (Lipinski definition) is 2. The van der Waals surface area contributed by atoms with E-state index in [2.05, 4.69) is 5.92 Å². The topological polar surface area (TPSA) is 82.5 Å². The maximum absolute atomic E-state index is 14.2. The van der Waals surface area contributed by atoms with Crippen molar-refractivity contribution in [2.75, 3.05) is 23.4 Å². The highest BCUT2D eigenvalue weighted by Gasteiger charge is 2.35. The Morgan fingerprint density at radius 1 is 1.48 bits per heavy atom. The van der Waals surface area contributed by atoms with Crippen LogP contribution in [0.3, 0.4) is 0 Å². The Kier molecular flexibility index (Phi) is 5.54. The molecule has 0 saturated carbocycles. The predicted octanol–water partition coefficient (Wildman–Crippen LogP) is 2.65. The van der Waals surface area contributed by atoms with Crippen LogP contribution in [0.25, 0.3) is 0 Å². The van der Waals surface area contributed by atoms with Gasteiger partial charge in [0.25, 0.3) is 11.8 Å². The number of allylic oxidation sites excluding steroid dienone is 1. The van der Waals surface area contributed by atoms with Crippen LogP contribution in [0.1, 0.15) is 6.92 Å². The first-order valence-electron chi connectivity index (χ1n) is 7.40. The number of nitrogens with zero attached hydrogens (tertiary/aromatic N) is 1. The second-order valence-corrected chi connectivity index (χ2v) is 5.41. The molecule has 0 aromatic heterocycles. The number of amides is 2. The van der Waals surface area contributed by atoms with Crippen LogP contribution >= 0.6 is 0 Å². The van der Waals surface area contributed by atoms with Crippen LogP contribution in [0.2, 0.25) is 0 Å². The number of benzene rings is 1. The van der Waals surface area contributed by atoms with E-state index >= 15 is 0 Å². The number of carbonyl (C=O) groups is 2. The number of nitrogens with one attached hydrogen (secondary N) is 2. The van der Waals surface area contributed by atoms with Crippen LogP contribution < -0.4 is 15.0 Å². The molecule has 2 amide bonds. The fourth-order valence-electron chi connectivity index (χ4n) is 2.32. The number of alkyl halides is 3. The average Bonchev–Trinajstić information content (AvgIpc) is 2.58. The van der Waals surface area contributed by atoms with Crippen molar-refractivity contribution in [3.63, 3.8) is 0 Å². The van der Waals surface area contributed by atoms with Crippen LogP contribution in [0.4, 0.5) is 28.9 Å². The number of terminal acetylenes is 1. The molecule has 1 aliphatic rings. The summed E-state index contributed by atoms with van der Waals surface area (Å²) >= 11 is 0. The zero-order chi connectivity index (χ0) is 20.4. The summed E-state index contributed by atoms with van der Waals surface area (Å²) in [6, 6.07) is 1.93. The number of halogens is 4. The Balaban J connectivity index is 2.42. The van der Waals surface area contributed by atoms with Crippen LogP contribution in [0.15, 0.2) is 23.3 Å². The molecular weight excluding hydrogens is 370 g/mol. The Hall–Kier alpha value is -3.35. The van der Waals surface area contributed by atoms with Gasteiger partial charge >= 0.3 is 6.18 Å². The van der Waals surface area contributed by atoms with Crippen LogP contribution in [-0.2, 0) is 9.59 Å². The van der Waals surface area contributed by atoms with E-state index in [1.807, 2.05) is 5.32 Å². The number of anilines is 2. The summed E-state index contributed by atoms with van der Waals surface area (Å²) < 4.78 is 57.7. The first-order chi connectivity index (χ1) is 12.6. The van der Waals surface area contributed by atoms with Gasteiger partial charge in [-0.3, -0.25) is 14.5 Å². The van der Waals surface area contributed by atoms with Crippen molar-refractivity contribution in [1.29, 1.82) is 5.41 Å². The zero-order valence-corrected chi connectivity index (χ0v) is 13.9. The number of hydrogen-bond acceptors (Lipinski definition) is 4. The maximum atomic E-state index is 14.2. The van der Waals surface area contributed by atoms with Crippen molar-refractivity contribution in [2.45, 2.75) is 13.1 Å². The second-order valence-electron chi connectivity index (χ2n) is 5.41. The van der Waals surface area contributed by atoms with Gasteiger partial charge in [-0.05, 0) is 13.0 Å². The van der Waals surface area contributed by atoms with Gasteiger partial charge in [0.2, 0.25) is 0 Å². The molecule has 10 heteroatoms. The fourth-order valence-corrected chi connectivity index (χ4v) is 2.32. The SMILES string of the molecule is C#CCN1C(=O)COc2cc(F)c(NC(=O)/C(C)=C(\C=N)C(F)(F)F)cc21. The van der Waals surface area contributed by atoms with E-state index in [9.17, 15) is 27.2 Å². The molecule has 6 nitrogen and oxygen atoms in total. The van der Waals surface area contributed by atoms with Crippen molar-refractivity contribution in [1.82, 2.24) is 0 Å². The standard InChI is InChI=1S/C17H13F4N3O3/c1-3-4-24-13-6-12(11(18)5-14(13)27-8-15(24)25)23-16(26)9(2)10(7-22)17(19,20)21/h1,5-7,22H,4,8H2,2H3,(H,23,26)/b10-9+,22-7?. The minimum absolute atomic E-state index is 0.000705. The third-order valence-corrected chi connectivity index (χ3v) is 3.68. The van der Waals surface area contributed by atoms with Crippen molar-refractivity contribution >= 4 is 29.4 Å². The van der Waals surface area contributed by atoms with Crippen molar-refractivity contribution < 1.29 is 31.9 Å². The smallest absolute Gasteiger partial charge is 0.418 e. The molecule has 1 heterocycles.